The number of nitrogens with zero attached hydrogens (tertiary/aromatic N) is 1. The number of rotatable bonds is 1. The largest absolute Gasteiger partial charge is 0.353 e. The number of benzene rings is 1. The third-order valence-corrected chi connectivity index (χ3v) is 3.35. The molecule has 1 amide bonds. The van der Waals surface area contributed by atoms with Crippen LogP contribution in [-0.2, 0) is 4.79 Å². The van der Waals surface area contributed by atoms with E-state index in [0.717, 1.165) is 28.6 Å². The minimum atomic E-state index is -0.272. The van der Waals surface area contributed by atoms with E-state index in [9.17, 15) is 4.79 Å². The van der Waals surface area contributed by atoms with Gasteiger partial charge in [-0.1, -0.05) is 18.2 Å². The standard InChI is InChI=1S/C14H15N3O/c1-9-3-2-4-10-11(5-6-15-12(9)10)13-14(18)17-8-7-16-13/h2-6,13,16H,7-8H2,1H3,(H,17,18). The van der Waals surface area contributed by atoms with Crippen LogP contribution in [0.3, 0.4) is 0 Å². The third kappa shape index (κ3) is 1.75. The second kappa shape index (κ2) is 4.38. The first kappa shape index (κ1) is 11.2. The van der Waals surface area contributed by atoms with Gasteiger partial charge in [-0.25, -0.2) is 0 Å². The van der Waals surface area contributed by atoms with E-state index >= 15 is 0 Å². The van der Waals surface area contributed by atoms with E-state index in [0.29, 0.717) is 6.54 Å². The summed E-state index contributed by atoms with van der Waals surface area (Å²) in [5.41, 5.74) is 3.10. The van der Waals surface area contributed by atoms with Crippen molar-refractivity contribution >= 4 is 16.8 Å². The predicted octanol–water partition coefficient (Wildman–Crippen LogP) is 1.30. The molecule has 0 radical (unpaired) electrons. The Hall–Kier alpha value is -1.94. The highest BCUT2D eigenvalue weighted by Crippen LogP contribution is 2.25. The van der Waals surface area contributed by atoms with Crippen molar-refractivity contribution in [3.05, 3.63) is 41.6 Å². The maximum absolute atomic E-state index is 11.9. The van der Waals surface area contributed by atoms with Crippen LogP contribution < -0.4 is 10.6 Å². The van der Waals surface area contributed by atoms with Crippen LogP contribution in [0, 0.1) is 6.92 Å². The van der Waals surface area contributed by atoms with Crippen molar-refractivity contribution in [3.63, 3.8) is 0 Å². The van der Waals surface area contributed by atoms with Crippen LogP contribution in [0.2, 0.25) is 0 Å². The Morgan fingerprint density at radius 3 is 3.00 bits per heavy atom. The molecule has 1 aromatic carbocycles. The maximum Gasteiger partial charge on any atom is 0.241 e. The molecule has 1 unspecified atom stereocenters. The number of pyridine rings is 1. The monoisotopic (exact) mass is 241 g/mol. The summed E-state index contributed by atoms with van der Waals surface area (Å²) in [5, 5.41) is 7.19. The van der Waals surface area contributed by atoms with Crippen molar-refractivity contribution in [3.8, 4) is 0 Å². The lowest BCUT2D eigenvalue weighted by atomic mass is 9.99. The zero-order chi connectivity index (χ0) is 12.5. The second-order valence-corrected chi connectivity index (χ2v) is 4.55. The number of fused-ring (bicyclic) bond motifs is 1. The van der Waals surface area contributed by atoms with E-state index < -0.39 is 0 Å². The number of hydrogen-bond acceptors (Lipinski definition) is 3. The average Bonchev–Trinajstić information content (AvgIpc) is 2.40. The zero-order valence-electron chi connectivity index (χ0n) is 10.2. The van der Waals surface area contributed by atoms with Crippen LogP contribution in [0.15, 0.2) is 30.5 Å². The molecule has 0 bridgehead atoms. The van der Waals surface area contributed by atoms with Gasteiger partial charge < -0.3 is 10.6 Å². The number of carbonyl (C=O) groups excluding carboxylic acids is 1. The number of nitrogens with one attached hydrogen (secondary N) is 2. The molecule has 18 heavy (non-hydrogen) atoms. The molecule has 1 fully saturated rings. The fourth-order valence-corrected chi connectivity index (χ4v) is 2.45. The van der Waals surface area contributed by atoms with Crippen LogP contribution >= 0.6 is 0 Å². The van der Waals surface area contributed by atoms with Crippen LogP contribution in [-0.4, -0.2) is 24.0 Å². The highest BCUT2D eigenvalue weighted by molar-refractivity contribution is 5.92. The molecule has 4 nitrogen and oxygen atoms in total. The Balaban J connectivity index is 2.17. The molecule has 1 aliphatic heterocycles. The SMILES string of the molecule is Cc1cccc2c(C3NCCNC3=O)ccnc12. The lowest BCUT2D eigenvalue weighted by Crippen LogP contribution is -2.47. The maximum atomic E-state index is 11.9. The number of para-hydroxylation sites is 1. The number of hydrogen-bond donors (Lipinski definition) is 2. The van der Waals surface area contributed by atoms with Crippen molar-refractivity contribution in [2.24, 2.45) is 0 Å². The van der Waals surface area contributed by atoms with E-state index in [1.807, 2.05) is 31.2 Å². The van der Waals surface area contributed by atoms with E-state index in [1.54, 1.807) is 6.20 Å². The summed E-state index contributed by atoms with van der Waals surface area (Å²) in [6, 6.07) is 7.71. The first-order valence-corrected chi connectivity index (χ1v) is 6.13. The number of piperazine rings is 1. The summed E-state index contributed by atoms with van der Waals surface area (Å²) < 4.78 is 0. The van der Waals surface area contributed by atoms with Crippen molar-refractivity contribution in [2.45, 2.75) is 13.0 Å². The van der Waals surface area contributed by atoms with Crippen LogP contribution in [0.5, 0.6) is 0 Å². The topological polar surface area (TPSA) is 54.0 Å². The fraction of sp³-hybridized carbons (Fsp3) is 0.286. The molecule has 2 N–H and O–H groups in total. The minimum Gasteiger partial charge on any atom is -0.353 e. The van der Waals surface area contributed by atoms with Gasteiger partial charge in [0.2, 0.25) is 5.91 Å². The van der Waals surface area contributed by atoms with Gasteiger partial charge in [0.05, 0.1) is 5.52 Å². The number of carbonyl (C=O) groups is 1. The van der Waals surface area contributed by atoms with Crippen molar-refractivity contribution in [1.82, 2.24) is 15.6 Å². The Morgan fingerprint density at radius 1 is 1.28 bits per heavy atom. The Bertz CT molecular complexity index is 609. The van der Waals surface area contributed by atoms with Gasteiger partial charge in [0.25, 0.3) is 0 Å². The number of amides is 1. The van der Waals surface area contributed by atoms with Gasteiger partial charge in [-0.3, -0.25) is 9.78 Å². The van der Waals surface area contributed by atoms with Crippen molar-refractivity contribution in [2.75, 3.05) is 13.1 Å². The van der Waals surface area contributed by atoms with Gasteiger partial charge in [0, 0.05) is 24.7 Å². The molecule has 1 aliphatic rings. The first-order valence-electron chi connectivity index (χ1n) is 6.13. The summed E-state index contributed by atoms with van der Waals surface area (Å²) in [6.07, 6.45) is 1.77. The molecule has 2 heterocycles. The predicted molar refractivity (Wildman–Crippen MR) is 70.2 cm³/mol. The summed E-state index contributed by atoms with van der Waals surface area (Å²) >= 11 is 0. The molecule has 1 aromatic heterocycles. The highest BCUT2D eigenvalue weighted by Gasteiger charge is 2.24. The summed E-state index contributed by atoms with van der Waals surface area (Å²) in [4.78, 5) is 16.3. The van der Waals surface area contributed by atoms with Gasteiger partial charge in [0.1, 0.15) is 6.04 Å². The molecule has 0 aliphatic carbocycles. The van der Waals surface area contributed by atoms with Crippen LogP contribution in [0.1, 0.15) is 17.2 Å². The zero-order valence-corrected chi connectivity index (χ0v) is 10.2. The molecule has 0 spiro atoms. The molecule has 3 rings (SSSR count). The molecule has 1 atom stereocenters. The normalized spacial score (nSPS) is 19.8. The second-order valence-electron chi connectivity index (χ2n) is 4.55. The van der Waals surface area contributed by atoms with Gasteiger partial charge in [-0.15, -0.1) is 0 Å². The van der Waals surface area contributed by atoms with E-state index in [1.165, 1.54) is 0 Å². The number of aryl methyl sites for hydroxylation is 1. The molecular weight excluding hydrogens is 226 g/mol. The summed E-state index contributed by atoms with van der Waals surface area (Å²) in [7, 11) is 0. The first-order chi connectivity index (χ1) is 8.77. The van der Waals surface area contributed by atoms with Gasteiger partial charge in [-0.2, -0.15) is 0 Å². The fourth-order valence-electron chi connectivity index (χ4n) is 2.45. The highest BCUT2D eigenvalue weighted by atomic mass is 16.2. The summed E-state index contributed by atoms with van der Waals surface area (Å²) in [6.45, 7) is 3.52. The molecule has 4 heteroatoms. The average molecular weight is 241 g/mol. The van der Waals surface area contributed by atoms with Gasteiger partial charge in [0.15, 0.2) is 0 Å². The Kier molecular flexibility index (Phi) is 2.72. The number of aromatic nitrogens is 1. The van der Waals surface area contributed by atoms with Gasteiger partial charge >= 0.3 is 0 Å². The van der Waals surface area contributed by atoms with E-state index in [4.69, 9.17) is 0 Å². The molecule has 92 valence electrons. The third-order valence-electron chi connectivity index (χ3n) is 3.35. The Morgan fingerprint density at radius 2 is 2.17 bits per heavy atom. The molecule has 1 saturated heterocycles. The van der Waals surface area contributed by atoms with E-state index in [-0.39, 0.29) is 11.9 Å². The lowest BCUT2D eigenvalue weighted by molar-refractivity contribution is -0.124. The van der Waals surface area contributed by atoms with Crippen LogP contribution in [0.4, 0.5) is 0 Å². The quantitative estimate of drug-likeness (QED) is 0.791. The lowest BCUT2D eigenvalue weighted by Gasteiger charge is -2.24. The molecular formula is C14H15N3O. The van der Waals surface area contributed by atoms with Crippen molar-refractivity contribution in [1.29, 1.82) is 0 Å². The molecule has 0 saturated carbocycles. The Labute approximate surface area is 105 Å². The van der Waals surface area contributed by atoms with E-state index in [2.05, 4.69) is 15.6 Å². The smallest absolute Gasteiger partial charge is 0.241 e. The van der Waals surface area contributed by atoms with Crippen LogP contribution in [0.25, 0.3) is 10.9 Å². The van der Waals surface area contributed by atoms with Gasteiger partial charge in [-0.05, 0) is 24.1 Å². The van der Waals surface area contributed by atoms with Crippen molar-refractivity contribution < 1.29 is 4.79 Å². The summed E-state index contributed by atoms with van der Waals surface area (Å²) in [5.74, 6) is 0.0373. The minimum absolute atomic E-state index is 0.0373. The molecule has 2 aromatic rings.